The molecule has 0 saturated heterocycles. The number of hydrogen-bond acceptors (Lipinski definition) is 3. The molecule has 3 nitrogen and oxygen atoms in total. The van der Waals surface area contributed by atoms with Crippen LogP contribution in [0.3, 0.4) is 0 Å². The van der Waals surface area contributed by atoms with Crippen LogP contribution in [0.4, 0.5) is 0 Å². The summed E-state index contributed by atoms with van der Waals surface area (Å²) in [7, 11) is 0.373. The molecular formula is C17H39NO2Si2. The predicted octanol–water partition coefficient (Wildman–Crippen LogP) is 4.99. The van der Waals surface area contributed by atoms with Crippen molar-refractivity contribution in [2.75, 3.05) is 20.8 Å². The molecule has 0 N–H and O–H groups in total. The third-order valence-corrected chi connectivity index (χ3v) is 14.9. The Balaban J connectivity index is 2.90. The second-order valence-corrected chi connectivity index (χ2v) is 15.8. The summed E-state index contributed by atoms with van der Waals surface area (Å²) in [5, 5.41) is 0. The maximum absolute atomic E-state index is 5.74. The first-order valence-corrected chi connectivity index (χ1v) is 14.5. The fourth-order valence-corrected chi connectivity index (χ4v) is 9.95. The largest absolute Gasteiger partial charge is 0.398 e. The van der Waals surface area contributed by atoms with E-state index in [4.69, 9.17) is 8.85 Å². The third-order valence-electron chi connectivity index (χ3n) is 6.27. The van der Waals surface area contributed by atoms with E-state index in [0.29, 0.717) is 0 Å². The summed E-state index contributed by atoms with van der Waals surface area (Å²) >= 11 is 0. The summed E-state index contributed by atoms with van der Waals surface area (Å²) in [6, 6.07) is 6.08. The van der Waals surface area contributed by atoms with Gasteiger partial charge in [-0.1, -0.05) is 40.0 Å². The van der Waals surface area contributed by atoms with Crippen LogP contribution in [0.2, 0.25) is 30.7 Å². The summed E-state index contributed by atoms with van der Waals surface area (Å²) in [5.41, 5.74) is 0. The Morgan fingerprint density at radius 2 is 1.41 bits per heavy atom. The Hall–Kier alpha value is 0.314. The zero-order valence-electron chi connectivity index (χ0n) is 15.9. The van der Waals surface area contributed by atoms with Crippen molar-refractivity contribution < 1.29 is 8.85 Å². The Bertz CT molecular complexity index is 293. The van der Waals surface area contributed by atoms with Gasteiger partial charge in [-0.25, -0.2) is 0 Å². The van der Waals surface area contributed by atoms with E-state index in [0.717, 1.165) is 12.1 Å². The van der Waals surface area contributed by atoms with Gasteiger partial charge >= 0.3 is 8.56 Å². The van der Waals surface area contributed by atoms with E-state index >= 15 is 0 Å². The standard InChI is InChI=1S/C17H39NO2Si2/c1-7-22(8-2,9-3)18(17-13-11-10-12-14-17)15-16-21(6,19-4)20-5/h17H,7-16H2,1-6H3. The van der Waals surface area contributed by atoms with Gasteiger partial charge in [0.05, 0.1) is 0 Å². The first kappa shape index (κ1) is 20.4. The monoisotopic (exact) mass is 345 g/mol. The van der Waals surface area contributed by atoms with Crippen molar-refractivity contribution in [2.45, 2.75) is 89.6 Å². The van der Waals surface area contributed by atoms with Crippen molar-refractivity contribution >= 4 is 16.8 Å². The lowest BCUT2D eigenvalue weighted by Gasteiger charge is -2.48. The molecule has 132 valence electrons. The SMILES string of the molecule is CC[Si](CC)(CC)N(CC[Si](C)(OC)OC)C1CCCCC1. The zero-order valence-corrected chi connectivity index (χ0v) is 17.9. The minimum Gasteiger partial charge on any atom is -0.398 e. The van der Waals surface area contributed by atoms with Crippen molar-refractivity contribution in [3.05, 3.63) is 0 Å². The summed E-state index contributed by atoms with van der Waals surface area (Å²) in [4.78, 5) is 0. The zero-order chi connectivity index (χ0) is 16.6. The van der Waals surface area contributed by atoms with Crippen LogP contribution >= 0.6 is 0 Å². The van der Waals surface area contributed by atoms with E-state index in [1.807, 2.05) is 14.2 Å². The first-order valence-electron chi connectivity index (χ1n) is 9.37. The van der Waals surface area contributed by atoms with Gasteiger partial charge in [0, 0.05) is 26.3 Å². The molecule has 1 rings (SSSR count). The Kier molecular flexibility index (Phi) is 8.86. The van der Waals surface area contributed by atoms with Crippen LogP contribution in [0.25, 0.3) is 0 Å². The molecular weight excluding hydrogens is 306 g/mol. The third kappa shape index (κ3) is 4.90. The lowest BCUT2D eigenvalue weighted by atomic mass is 9.95. The van der Waals surface area contributed by atoms with Gasteiger partial charge < -0.3 is 13.4 Å². The fraction of sp³-hybridized carbons (Fsp3) is 1.00. The molecule has 0 heterocycles. The molecule has 0 atom stereocenters. The van der Waals surface area contributed by atoms with E-state index in [2.05, 4.69) is 31.9 Å². The van der Waals surface area contributed by atoms with E-state index in [-0.39, 0.29) is 0 Å². The van der Waals surface area contributed by atoms with Gasteiger partial charge in [-0.2, -0.15) is 0 Å². The molecule has 1 fully saturated rings. The van der Waals surface area contributed by atoms with Crippen LogP contribution in [0.15, 0.2) is 0 Å². The fourth-order valence-electron chi connectivity index (χ4n) is 4.17. The normalized spacial score (nSPS) is 18.1. The maximum Gasteiger partial charge on any atom is 0.335 e. The minimum absolute atomic E-state index is 0.826. The van der Waals surface area contributed by atoms with Gasteiger partial charge in [0.15, 0.2) is 0 Å². The van der Waals surface area contributed by atoms with Gasteiger partial charge in [-0.05, 0) is 44.1 Å². The van der Waals surface area contributed by atoms with Gasteiger partial charge in [-0.3, -0.25) is 0 Å². The number of rotatable bonds is 10. The van der Waals surface area contributed by atoms with Gasteiger partial charge in [0.2, 0.25) is 0 Å². The van der Waals surface area contributed by atoms with Gasteiger partial charge in [0.25, 0.3) is 0 Å². The lowest BCUT2D eigenvalue weighted by Crippen LogP contribution is -2.58. The lowest BCUT2D eigenvalue weighted by molar-refractivity contribution is 0.222. The first-order chi connectivity index (χ1) is 10.5. The summed E-state index contributed by atoms with van der Waals surface area (Å²) in [6.07, 6.45) is 7.10. The highest BCUT2D eigenvalue weighted by atomic mass is 28.4. The Morgan fingerprint density at radius 1 is 0.909 bits per heavy atom. The topological polar surface area (TPSA) is 21.7 Å². The van der Waals surface area contributed by atoms with E-state index in [9.17, 15) is 0 Å². The summed E-state index contributed by atoms with van der Waals surface area (Å²) in [6.45, 7) is 10.7. The summed E-state index contributed by atoms with van der Waals surface area (Å²) < 4.78 is 14.5. The molecule has 0 aromatic carbocycles. The van der Waals surface area contributed by atoms with Crippen LogP contribution in [0, 0.1) is 0 Å². The average molecular weight is 346 g/mol. The van der Waals surface area contributed by atoms with Crippen molar-refractivity contribution in [1.29, 1.82) is 0 Å². The van der Waals surface area contributed by atoms with Crippen molar-refractivity contribution in [1.82, 2.24) is 4.57 Å². The second-order valence-electron chi connectivity index (χ2n) is 7.06. The molecule has 1 aliphatic rings. The summed E-state index contributed by atoms with van der Waals surface area (Å²) in [5.74, 6) is 0. The van der Waals surface area contributed by atoms with E-state index < -0.39 is 16.8 Å². The smallest absolute Gasteiger partial charge is 0.335 e. The van der Waals surface area contributed by atoms with Crippen LogP contribution in [-0.2, 0) is 8.85 Å². The highest BCUT2D eigenvalue weighted by Gasteiger charge is 2.40. The molecule has 0 aliphatic heterocycles. The number of hydrogen-bond donors (Lipinski definition) is 0. The number of nitrogens with zero attached hydrogens (tertiary/aromatic N) is 1. The quantitative estimate of drug-likeness (QED) is 0.521. The molecule has 1 aliphatic carbocycles. The van der Waals surface area contributed by atoms with Crippen LogP contribution < -0.4 is 0 Å². The maximum atomic E-state index is 5.74. The van der Waals surface area contributed by atoms with Gasteiger partial charge in [-0.15, -0.1) is 0 Å². The van der Waals surface area contributed by atoms with Gasteiger partial charge in [0.1, 0.15) is 8.24 Å². The molecule has 0 aromatic rings. The second kappa shape index (κ2) is 9.57. The van der Waals surface area contributed by atoms with E-state index in [1.54, 1.807) is 0 Å². The van der Waals surface area contributed by atoms with Crippen molar-refractivity contribution in [3.8, 4) is 0 Å². The molecule has 0 aromatic heterocycles. The molecule has 5 heteroatoms. The molecule has 22 heavy (non-hydrogen) atoms. The van der Waals surface area contributed by atoms with Crippen molar-refractivity contribution in [3.63, 3.8) is 0 Å². The molecule has 0 unspecified atom stereocenters. The predicted molar refractivity (Wildman–Crippen MR) is 101 cm³/mol. The highest BCUT2D eigenvalue weighted by molar-refractivity contribution is 6.77. The average Bonchev–Trinajstić information content (AvgIpc) is 2.59. The van der Waals surface area contributed by atoms with Crippen LogP contribution in [0.5, 0.6) is 0 Å². The molecule has 0 amide bonds. The molecule has 0 radical (unpaired) electrons. The minimum atomic E-state index is -1.96. The molecule has 0 bridgehead atoms. The molecule has 0 spiro atoms. The molecule has 1 saturated carbocycles. The Labute approximate surface area is 141 Å². The van der Waals surface area contributed by atoms with E-state index in [1.165, 1.54) is 56.8 Å². The van der Waals surface area contributed by atoms with Crippen LogP contribution in [0.1, 0.15) is 52.9 Å². The Morgan fingerprint density at radius 3 is 1.82 bits per heavy atom. The van der Waals surface area contributed by atoms with Crippen molar-refractivity contribution in [2.24, 2.45) is 0 Å². The van der Waals surface area contributed by atoms with Crippen LogP contribution in [-0.4, -0.2) is 48.2 Å². The highest BCUT2D eigenvalue weighted by Crippen LogP contribution is 2.33.